The lowest BCUT2D eigenvalue weighted by Crippen LogP contribution is -2.31. The zero-order valence-corrected chi connectivity index (χ0v) is 20.7. The first-order valence-electron chi connectivity index (χ1n) is 11.7. The number of nitro groups is 1. The first-order valence-corrected chi connectivity index (χ1v) is 11.7. The van der Waals surface area contributed by atoms with Gasteiger partial charge in [0.2, 0.25) is 0 Å². The van der Waals surface area contributed by atoms with E-state index in [-0.39, 0.29) is 23.4 Å². The van der Waals surface area contributed by atoms with Gasteiger partial charge < -0.3 is 15.2 Å². The van der Waals surface area contributed by atoms with Gasteiger partial charge in [0.05, 0.1) is 28.5 Å². The van der Waals surface area contributed by atoms with Gasteiger partial charge in [-0.2, -0.15) is 5.10 Å². The Morgan fingerprint density at radius 1 is 1.16 bits per heavy atom. The van der Waals surface area contributed by atoms with Crippen LogP contribution >= 0.6 is 0 Å². The van der Waals surface area contributed by atoms with E-state index in [1.54, 1.807) is 43.1 Å². The van der Waals surface area contributed by atoms with E-state index in [0.717, 1.165) is 11.1 Å². The number of ether oxygens (including phenoxy) is 1. The van der Waals surface area contributed by atoms with Crippen molar-refractivity contribution in [2.75, 3.05) is 6.61 Å². The zero-order chi connectivity index (χ0) is 27.2. The Hall–Kier alpha value is -5.06. The third-order valence-corrected chi connectivity index (χ3v) is 6.04. The Labute approximate surface area is 217 Å². The van der Waals surface area contributed by atoms with Crippen LogP contribution in [0, 0.1) is 10.1 Å². The lowest BCUT2D eigenvalue weighted by molar-refractivity contribution is -0.384. The van der Waals surface area contributed by atoms with E-state index in [0.29, 0.717) is 23.5 Å². The molecule has 1 unspecified atom stereocenters. The summed E-state index contributed by atoms with van der Waals surface area (Å²) in [4.78, 5) is 40.0. The van der Waals surface area contributed by atoms with Gasteiger partial charge in [0.15, 0.2) is 0 Å². The van der Waals surface area contributed by atoms with Gasteiger partial charge in [-0.3, -0.25) is 10.1 Å². The Bertz CT molecular complexity index is 1460. The van der Waals surface area contributed by atoms with Crippen molar-refractivity contribution in [3.05, 3.63) is 117 Å². The maximum absolute atomic E-state index is 13.2. The maximum Gasteiger partial charge on any atom is 0.337 e. The molecule has 0 aliphatic carbocycles. The summed E-state index contributed by atoms with van der Waals surface area (Å²) in [6.45, 7) is 3.77. The van der Waals surface area contributed by atoms with E-state index in [1.807, 2.05) is 24.3 Å². The molecule has 0 radical (unpaired) electrons. The van der Waals surface area contributed by atoms with Gasteiger partial charge in [0.1, 0.15) is 19.3 Å². The second kappa shape index (κ2) is 11.3. The van der Waals surface area contributed by atoms with Crippen molar-refractivity contribution in [2.24, 2.45) is 0 Å². The molecule has 11 nitrogen and oxygen atoms in total. The fourth-order valence-corrected chi connectivity index (χ4v) is 4.32. The normalized spacial score (nSPS) is 15.5. The Kier molecular flexibility index (Phi) is 7.76. The minimum atomic E-state index is -1.24. The highest BCUT2D eigenvalue weighted by Gasteiger charge is 2.37. The van der Waals surface area contributed by atoms with Crippen LogP contribution in [0.25, 0.3) is 6.08 Å². The van der Waals surface area contributed by atoms with E-state index < -0.39 is 22.8 Å². The average molecular weight is 516 g/mol. The molecule has 0 amide bonds. The fraction of sp³-hybridized carbons (Fsp3) is 0.185. The molecule has 2 aromatic carbocycles. The number of carboxylic acids is 1. The average Bonchev–Trinajstić information content (AvgIpc) is 3.40. The molecular weight excluding hydrogens is 490 g/mol. The molecule has 194 valence electrons. The van der Waals surface area contributed by atoms with Crippen LogP contribution in [0.4, 0.5) is 5.69 Å². The van der Waals surface area contributed by atoms with Gasteiger partial charge in [-0.1, -0.05) is 42.5 Å². The summed E-state index contributed by atoms with van der Waals surface area (Å²) in [5, 5.41) is 28.2. The number of carbonyl (C=O) groups excluding carboxylic acids is 1. The van der Waals surface area contributed by atoms with Crippen LogP contribution in [0.15, 0.2) is 89.8 Å². The predicted molar refractivity (Wildman–Crippen MR) is 138 cm³/mol. The number of nitrogens with one attached hydrogen (secondary N) is 1. The van der Waals surface area contributed by atoms with Crippen molar-refractivity contribution in [3.63, 3.8) is 0 Å². The summed E-state index contributed by atoms with van der Waals surface area (Å²) in [5.41, 5.74) is 2.82. The molecule has 4 rings (SSSR count). The van der Waals surface area contributed by atoms with E-state index >= 15 is 0 Å². The van der Waals surface area contributed by atoms with Gasteiger partial charge in [0, 0.05) is 23.5 Å². The highest BCUT2D eigenvalue weighted by molar-refractivity contribution is 5.99. The van der Waals surface area contributed by atoms with Gasteiger partial charge >= 0.3 is 11.9 Å². The third-order valence-electron chi connectivity index (χ3n) is 6.04. The van der Waals surface area contributed by atoms with Gasteiger partial charge in [-0.25, -0.2) is 19.3 Å². The number of hydrogen-bond acceptors (Lipinski definition) is 8. The number of allylic oxidation sites excluding steroid dienone is 2. The number of carboxylic acid groups (broad SMARTS) is 1. The van der Waals surface area contributed by atoms with Crippen molar-refractivity contribution in [1.82, 2.24) is 20.1 Å². The summed E-state index contributed by atoms with van der Waals surface area (Å²) in [6.07, 6.45) is 6.60. The number of nitro benzene ring substituents is 1. The molecule has 0 saturated heterocycles. The molecule has 2 N–H and O–H groups in total. The smallest absolute Gasteiger partial charge is 0.337 e. The highest BCUT2D eigenvalue weighted by atomic mass is 16.6. The number of nitrogens with zero attached hydrogens (tertiary/aromatic N) is 4. The molecule has 0 saturated carbocycles. The molecule has 1 atom stereocenters. The molecule has 11 heteroatoms. The van der Waals surface area contributed by atoms with Crippen molar-refractivity contribution in [2.45, 2.75) is 26.3 Å². The number of dihydropyridines is 1. The number of esters is 1. The van der Waals surface area contributed by atoms with Gasteiger partial charge in [0.25, 0.3) is 5.69 Å². The topological polar surface area (TPSA) is 149 Å². The summed E-state index contributed by atoms with van der Waals surface area (Å²) in [7, 11) is 0. The van der Waals surface area contributed by atoms with Crippen LogP contribution in [-0.4, -0.2) is 43.3 Å². The molecule has 0 spiro atoms. The first kappa shape index (κ1) is 26.0. The van der Waals surface area contributed by atoms with Crippen LogP contribution in [0.5, 0.6) is 0 Å². The van der Waals surface area contributed by atoms with E-state index in [4.69, 9.17) is 4.74 Å². The van der Waals surface area contributed by atoms with Crippen LogP contribution in [0.1, 0.15) is 36.5 Å². The van der Waals surface area contributed by atoms with Crippen LogP contribution in [0.3, 0.4) is 0 Å². The van der Waals surface area contributed by atoms with Gasteiger partial charge in [-0.05, 0) is 36.6 Å². The lowest BCUT2D eigenvalue weighted by Gasteiger charge is -2.29. The molecule has 2 heterocycles. The standard InChI is InChI=1S/C27H25N5O6/c1-17-23(26(33)34)25(21-6-3-7-22(13-21)32(36)37)24(18(2)30-17)27(35)38-12-4-5-19-8-10-20(11-9-19)14-31-16-28-15-29-31/h3-11,13,15-16,25,30H,12,14H2,1-2H3,(H,33,34)/b5-4+. The largest absolute Gasteiger partial charge is 0.478 e. The molecule has 0 bridgehead atoms. The number of rotatable bonds is 9. The molecule has 1 aliphatic rings. The van der Waals surface area contributed by atoms with Crippen LogP contribution < -0.4 is 5.32 Å². The van der Waals surface area contributed by atoms with E-state index in [1.165, 1.54) is 24.5 Å². The Morgan fingerprint density at radius 2 is 1.89 bits per heavy atom. The molecule has 0 fully saturated rings. The molecule has 3 aromatic rings. The summed E-state index contributed by atoms with van der Waals surface area (Å²) in [6, 6.07) is 13.4. The van der Waals surface area contributed by atoms with E-state index in [2.05, 4.69) is 15.4 Å². The van der Waals surface area contributed by atoms with Gasteiger partial charge in [-0.15, -0.1) is 0 Å². The molecule has 1 aliphatic heterocycles. The molecule has 1 aromatic heterocycles. The fourth-order valence-electron chi connectivity index (χ4n) is 4.32. The first-order chi connectivity index (χ1) is 18.2. The number of non-ortho nitro benzene ring substituents is 1. The number of aromatic nitrogens is 3. The second-order valence-electron chi connectivity index (χ2n) is 8.63. The molecule has 38 heavy (non-hydrogen) atoms. The Morgan fingerprint density at radius 3 is 2.55 bits per heavy atom. The highest BCUT2D eigenvalue weighted by Crippen LogP contribution is 2.39. The number of aliphatic carboxylic acids is 1. The Balaban J connectivity index is 1.49. The number of carbonyl (C=O) groups is 2. The molecular formula is C27H25N5O6. The van der Waals surface area contributed by atoms with E-state index in [9.17, 15) is 24.8 Å². The monoisotopic (exact) mass is 515 g/mol. The quantitative estimate of drug-likeness (QED) is 0.246. The number of hydrogen-bond donors (Lipinski definition) is 2. The SMILES string of the molecule is CC1=C(C(=O)O)C(c2cccc([N+](=O)[O-])c2)C(C(=O)OC/C=C/c2ccc(Cn3cncn3)cc2)=C(C)N1. The number of benzene rings is 2. The third kappa shape index (κ3) is 5.84. The van der Waals surface area contributed by atoms with Crippen molar-refractivity contribution < 1.29 is 24.4 Å². The van der Waals surface area contributed by atoms with Crippen molar-refractivity contribution in [3.8, 4) is 0 Å². The summed E-state index contributed by atoms with van der Waals surface area (Å²) in [5.74, 6) is -3.00. The van der Waals surface area contributed by atoms with Crippen LogP contribution in [0.2, 0.25) is 0 Å². The minimum Gasteiger partial charge on any atom is -0.478 e. The predicted octanol–water partition coefficient (Wildman–Crippen LogP) is 3.81. The minimum absolute atomic E-state index is 0.0525. The zero-order valence-electron chi connectivity index (χ0n) is 20.7. The van der Waals surface area contributed by atoms with Crippen molar-refractivity contribution in [1.29, 1.82) is 0 Å². The second-order valence-corrected chi connectivity index (χ2v) is 8.63. The maximum atomic E-state index is 13.2. The summed E-state index contributed by atoms with van der Waals surface area (Å²) < 4.78 is 7.19. The lowest BCUT2D eigenvalue weighted by atomic mass is 9.80. The van der Waals surface area contributed by atoms with Crippen LogP contribution in [-0.2, 0) is 20.9 Å². The summed E-state index contributed by atoms with van der Waals surface area (Å²) >= 11 is 0. The van der Waals surface area contributed by atoms with Crippen molar-refractivity contribution >= 4 is 23.7 Å².